The van der Waals surface area contributed by atoms with Crippen molar-refractivity contribution in [3.05, 3.63) is 24.3 Å². The van der Waals surface area contributed by atoms with Gasteiger partial charge in [-0.05, 0) is 61.9 Å². The first kappa shape index (κ1) is 21.2. The van der Waals surface area contributed by atoms with E-state index in [4.69, 9.17) is 21.7 Å². The molecule has 0 aromatic heterocycles. The molecular formula is C22H32N4O3S. The number of methoxy groups -OCH3 is 1. The Morgan fingerprint density at radius 1 is 1.23 bits per heavy atom. The van der Waals surface area contributed by atoms with E-state index in [0.29, 0.717) is 17.5 Å². The Bertz CT molecular complexity index is 761. The molecule has 3 aliphatic heterocycles. The van der Waals surface area contributed by atoms with E-state index in [9.17, 15) is 4.79 Å². The Hall–Kier alpha value is -2.06. The van der Waals surface area contributed by atoms with Gasteiger partial charge in [-0.25, -0.2) is 4.79 Å². The molecule has 4 rings (SSSR count). The first-order valence-corrected chi connectivity index (χ1v) is 11.3. The lowest BCUT2D eigenvalue weighted by atomic mass is 9.78. The van der Waals surface area contributed by atoms with Gasteiger partial charge in [0.2, 0.25) is 0 Å². The Morgan fingerprint density at radius 2 is 1.97 bits per heavy atom. The molecule has 0 radical (unpaired) electrons. The fourth-order valence-electron chi connectivity index (χ4n) is 4.76. The minimum Gasteiger partial charge on any atom is -0.495 e. The Morgan fingerprint density at radius 3 is 2.67 bits per heavy atom. The Balaban J connectivity index is 1.24. The summed E-state index contributed by atoms with van der Waals surface area (Å²) < 4.78 is 11.0. The highest BCUT2D eigenvalue weighted by molar-refractivity contribution is 7.80. The zero-order valence-corrected chi connectivity index (χ0v) is 18.5. The number of ether oxygens (including phenoxy) is 2. The number of piperidine rings is 1. The number of hydrogen-bond acceptors (Lipinski definition) is 4. The van der Waals surface area contributed by atoms with Gasteiger partial charge in [-0.1, -0.05) is 12.1 Å². The summed E-state index contributed by atoms with van der Waals surface area (Å²) in [6.45, 7) is 5.18. The van der Waals surface area contributed by atoms with Gasteiger partial charge < -0.3 is 29.9 Å². The normalized spacial score (nSPS) is 22.9. The average Bonchev–Trinajstić information content (AvgIpc) is 3.43. The molecule has 0 saturated carbocycles. The van der Waals surface area contributed by atoms with Crippen molar-refractivity contribution in [2.75, 3.05) is 51.8 Å². The van der Waals surface area contributed by atoms with Crippen LogP contribution in [0.1, 0.15) is 32.1 Å². The van der Waals surface area contributed by atoms with Crippen LogP contribution in [0.2, 0.25) is 0 Å². The van der Waals surface area contributed by atoms with Gasteiger partial charge in [0.05, 0.1) is 18.9 Å². The summed E-state index contributed by atoms with van der Waals surface area (Å²) in [6.07, 6.45) is 5.72. The third-order valence-electron chi connectivity index (χ3n) is 6.69. The second kappa shape index (κ2) is 9.39. The van der Waals surface area contributed by atoms with E-state index in [1.165, 1.54) is 0 Å². The van der Waals surface area contributed by atoms with Crippen LogP contribution < -0.4 is 15.4 Å². The van der Waals surface area contributed by atoms with Crippen LogP contribution in [0.4, 0.5) is 10.5 Å². The Kier molecular flexibility index (Phi) is 6.63. The molecule has 7 nitrogen and oxygen atoms in total. The van der Waals surface area contributed by atoms with E-state index < -0.39 is 0 Å². The fraction of sp³-hybridized carbons (Fsp3) is 0.636. The van der Waals surface area contributed by atoms with E-state index in [-0.39, 0.29) is 11.4 Å². The average molecular weight is 433 g/mol. The highest BCUT2D eigenvalue weighted by Gasteiger charge is 2.42. The lowest BCUT2D eigenvalue weighted by molar-refractivity contribution is 0.113. The van der Waals surface area contributed by atoms with Crippen molar-refractivity contribution in [1.82, 2.24) is 15.1 Å². The van der Waals surface area contributed by atoms with Gasteiger partial charge in [0.1, 0.15) is 5.75 Å². The predicted octanol–water partition coefficient (Wildman–Crippen LogP) is 3.07. The molecule has 164 valence electrons. The standard InChI is InChI=1S/C22H32N4O3S/c1-28-19-7-3-2-6-18(19)24-20(27)25-11-8-22(9-12-25)10-13-26(16-22)21(30)23-15-17-5-4-14-29-17/h2-3,6-7,17H,4-5,8-16H2,1H3,(H,23,30)(H,24,27). The molecule has 2 amide bonds. The number of amides is 2. The van der Waals surface area contributed by atoms with E-state index in [1.54, 1.807) is 7.11 Å². The zero-order chi connectivity index (χ0) is 21.0. The van der Waals surface area contributed by atoms with Crippen molar-refractivity contribution < 1.29 is 14.3 Å². The zero-order valence-electron chi connectivity index (χ0n) is 17.7. The van der Waals surface area contributed by atoms with E-state index in [2.05, 4.69) is 15.5 Å². The number of likely N-dealkylation sites (tertiary alicyclic amines) is 2. The van der Waals surface area contributed by atoms with Crippen LogP contribution >= 0.6 is 12.2 Å². The highest BCUT2D eigenvalue weighted by Crippen LogP contribution is 2.40. The van der Waals surface area contributed by atoms with Crippen LogP contribution in [-0.4, -0.2) is 73.5 Å². The number of urea groups is 1. The first-order chi connectivity index (χ1) is 14.6. The van der Waals surface area contributed by atoms with E-state index in [0.717, 1.165) is 76.5 Å². The van der Waals surface area contributed by atoms with Gasteiger partial charge >= 0.3 is 6.03 Å². The van der Waals surface area contributed by atoms with Crippen molar-refractivity contribution in [2.45, 2.75) is 38.2 Å². The quantitative estimate of drug-likeness (QED) is 0.713. The summed E-state index contributed by atoms with van der Waals surface area (Å²) in [4.78, 5) is 16.9. The first-order valence-electron chi connectivity index (χ1n) is 10.9. The molecule has 0 bridgehead atoms. The smallest absolute Gasteiger partial charge is 0.321 e. The topological polar surface area (TPSA) is 66.1 Å². The minimum atomic E-state index is -0.0574. The number of hydrogen-bond donors (Lipinski definition) is 2. The third-order valence-corrected chi connectivity index (χ3v) is 7.09. The van der Waals surface area contributed by atoms with Crippen LogP contribution in [0.5, 0.6) is 5.75 Å². The van der Waals surface area contributed by atoms with Crippen molar-refractivity contribution in [2.24, 2.45) is 5.41 Å². The molecule has 8 heteroatoms. The Labute approximate surface area is 184 Å². The summed E-state index contributed by atoms with van der Waals surface area (Å²) in [5.41, 5.74) is 0.969. The van der Waals surface area contributed by atoms with Gasteiger partial charge in [-0.15, -0.1) is 0 Å². The van der Waals surface area contributed by atoms with Gasteiger partial charge in [0.15, 0.2) is 5.11 Å². The SMILES string of the molecule is COc1ccccc1NC(=O)N1CCC2(CC1)CCN(C(=S)NCC1CCCO1)C2. The van der Waals surface area contributed by atoms with Crippen molar-refractivity contribution in [1.29, 1.82) is 0 Å². The molecule has 3 heterocycles. The number of rotatable bonds is 4. The van der Waals surface area contributed by atoms with Crippen molar-refractivity contribution in [3.63, 3.8) is 0 Å². The molecule has 3 fully saturated rings. The number of carbonyl (C=O) groups excluding carboxylic acids is 1. The minimum absolute atomic E-state index is 0.0574. The van der Waals surface area contributed by atoms with Crippen molar-refractivity contribution >= 4 is 29.0 Å². The second-order valence-electron chi connectivity index (χ2n) is 8.61. The summed E-state index contributed by atoms with van der Waals surface area (Å²) in [7, 11) is 1.61. The van der Waals surface area contributed by atoms with Crippen molar-refractivity contribution in [3.8, 4) is 5.75 Å². The lowest BCUT2D eigenvalue weighted by Gasteiger charge is -2.39. The van der Waals surface area contributed by atoms with Crippen LogP contribution in [0.15, 0.2) is 24.3 Å². The number of carbonyl (C=O) groups is 1. The molecular weight excluding hydrogens is 400 g/mol. The molecule has 30 heavy (non-hydrogen) atoms. The number of thiocarbonyl (C=S) groups is 1. The summed E-state index contributed by atoms with van der Waals surface area (Å²) in [5, 5.41) is 7.24. The molecule has 1 aromatic rings. The lowest BCUT2D eigenvalue weighted by Crippen LogP contribution is -2.47. The summed E-state index contributed by atoms with van der Waals surface area (Å²) in [5.74, 6) is 0.676. The number of para-hydroxylation sites is 2. The molecule has 3 aliphatic rings. The molecule has 0 aliphatic carbocycles. The largest absolute Gasteiger partial charge is 0.495 e. The molecule has 2 N–H and O–H groups in total. The molecule has 1 spiro atoms. The number of nitrogens with zero attached hydrogens (tertiary/aromatic N) is 2. The second-order valence-corrected chi connectivity index (χ2v) is 9.00. The maximum atomic E-state index is 12.7. The monoisotopic (exact) mass is 432 g/mol. The number of anilines is 1. The highest BCUT2D eigenvalue weighted by atomic mass is 32.1. The maximum absolute atomic E-state index is 12.7. The molecule has 1 unspecified atom stereocenters. The summed E-state index contributed by atoms with van der Waals surface area (Å²) >= 11 is 5.64. The van der Waals surface area contributed by atoms with Crippen LogP contribution in [0.3, 0.4) is 0 Å². The molecule has 1 aromatic carbocycles. The molecule has 1 atom stereocenters. The maximum Gasteiger partial charge on any atom is 0.321 e. The third kappa shape index (κ3) is 4.81. The molecule has 3 saturated heterocycles. The number of benzene rings is 1. The van der Waals surface area contributed by atoms with Crippen LogP contribution in [0, 0.1) is 5.41 Å². The van der Waals surface area contributed by atoms with Gasteiger partial charge in [0.25, 0.3) is 0 Å². The van der Waals surface area contributed by atoms with Crippen LogP contribution in [0.25, 0.3) is 0 Å². The van der Waals surface area contributed by atoms with E-state index >= 15 is 0 Å². The van der Waals surface area contributed by atoms with Gasteiger partial charge in [-0.2, -0.15) is 0 Å². The van der Waals surface area contributed by atoms with Crippen LogP contribution in [-0.2, 0) is 4.74 Å². The van der Waals surface area contributed by atoms with Gasteiger partial charge in [-0.3, -0.25) is 0 Å². The predicted molar refractivity (Wildman–Crippen MR) is 121 cm³/mol. The van der Waals surface area contributed by atoms with Gasteiger partial charge in [0, 0.05) is 39.3 Å². The number of nitrogens with one attached hydrogen (secondary N) is 2. The fourth-order valence-corrected chi connectivity index (χ4v) is 5.00. The van der Waals surface area contributed by atoms with E-state index in [1.807, 2.05) is 29.2 Å². The summed E-state index contributed by atoms with van der Waals surface area (Å²) in [6, 6.07) is 7.45.